The van der Waals surface area contributed by atoms with Crippen LogP contribution in [0, 0.1) is 0 Å². The van der Waals surface area contributed by atoms with Gasteiger partial charge in [-0.25, -0.2) is 0 Å². The van der Waals surface area contributed by atoms with Crippen LogP contribution in [0.15, 0.2) is 0 Å². The number of esters is 2. The maximum Gasteiger partial charge on any atom is 0.305 e. The minimum Gasteiger partial charge on any atom is -0.469 e. The van der Waals surface area contributed by atoms with Gasteiger partial charge in [0, 0.05) is 12.8 Å². The monoisotopic (exact) mass is 230 g/mol. The first-order valence-electron chi connectivity index (χ1n) is 5.93. The van der Waals surface area contributed by atoms with E-state index in [4.69, 9.17) is 4.74 Å². The second-order valence-corrected chi connectivity index (χ2v) is 3.71. The Balaban J connectivity index is 3.24. The Morgan fingerprint density at radius 3 is 2.12 bits per heavy atom. The molecule has 0 aliphatic carbocycles. The standard InChI is InChI=1S/C12H22O4/c1-3-4-10-16-12(14)9-7-5-6-8-11(13)15-2/h3-10H2,1-2H3. The molecule has 0 aromatic heterocycles. The van der Waals surface area contributed by atoms with Crippen molar-refractivity contribution in [3.8, 4) is 0 Å². The maximum absolute atomic E-state index is 11.2. The smallest absolute Gasteiger partial charge is 0.305 e. The summed E-state index contributed by atoms with van der Waals surface area (Å²) in [7, 11) is 1.38. The summed E-state index contributed by atoms with van der Waals surface area (Å²) in [5.74, 6) is -0.322. The molecule has 4 nitrogen and oxygen atoms in total. The number of rotatable bonds is 9. The van der Waals surface area contributed by atoms with Crippen molar-refractivity contribution < 1.29 is 19.1 Å². The van der Waals surface area contributed by atoms with Gasteiger partial charge in [0.2, 0.25) is 0 Å². The van der Waals surface area contributed by atoms with Crippen LogP contribution in [0.25, 0.3) is 0 Å². The lowest BCUT2D eigenvalue weighted by atomic mass is 10.1. The van der Waals surface area contributed by atoms with Crippen LogP contribution >= 0.6 is 0 Å². The van der Waals surface area contributed by atoms with Gasteiger partial charge in [-0.1, -0.05) is 19.8 Å². The molecular weight excluding hydrogens is 208 g/mol. The number of carbonyl (C=O) groups is 2. The van der Waals surface area contributed by atoms with Crippen LogP contribution < -0.4 is 0 Å². The largest absolute Gasteiger partial charge is 0.469 e. The molecule has 0 amide bonds. The molecule has 94 valence electrons. The van der Waals surface area contributed by atoms with E-state index in [9.17, 15) is 9.59 Å². The topological polar surface area (TPSA) is 52.6 Å². The SMILES string of the molecule is CCCCOC(=O)CCCCCC(=O)OC. The molecule has 0 radical (unpaired) electrons. The Kier molecular flexibility index (Phi) is 9.76. The average molecular weight is 230 g/mol. The molecule has 0 N–H and O–H groups in total. The van der Waals surface area contributed by atoms with Crippen molar-refractivity contribution in [1.82, 2.24) is 0 Å². The summed E-state index contributed by atoms with van der Waals surface area (Å²) in [5, 5.41) is 0. The molecule has 0 rings (SSSR count). The number of methoxy groups -OCH3 is 1. The zero-order valence-corrected chi connectivity index (χ0v) is 10.3. The predicted octanol–water partition coefficient (Wildman–Crippen LogP) is 2.45. The first-order chi connectivity index (χ1) is 7.70. The molecule has 0 heterocycles. The van der Waals surface area contributed by atoms with Gasteiger partial charge in [0.05, 0.1) is 13.7 Å². The summed E-state index contributed by atoms with van der Waals surface area (Å²) in [6, 6.07) is 0. The lowest BCUT2D eigenvalue weighted by Gasteiger charge is -2.03. The van der Waals surface area contributed by atoms with Crippen LogP contribution in [0.2, 0.25) is 0 Å². The lowest BCUT2D eigenvalue weighted by Crippen LogP contribution is -2.05. The number of unbranched alkanes of at least 4 members (excludes halogenated alkanes) is 3. The Hall–Kier alpha value is -1.06. The Morgan fingerprint density at radius 2 is 1.56 bits per heavy atom. The van der Waals surface area contributed by atoms with Gasteiger partial charge < -0.3 is 9.47 Å². The van der Waals surface area contributed by atoms with Gasteiger partial charge in [0.15, 0.2) is 0 Å². The van der Waals surface area contributed by atoms with Crippen molar-refractivity contribution in [3.63, 3.8) is 0 Å². The molecule has 4 heteroatoms. The molecule has 0 aromatic rings. The highest BCUT2D eigenvalue weighted by atomic mass is 16.5. The van der Waals surface area contributed by atoms with E-state index < -0.39 is 0 Å². The molecular formula is C12H22O4. The quantitative estimate of drug-likeness (QED) is 0.451. The van der Waals surface area contributed by atoms with E-state index in [1.165, 1.54) is 7.11 Å². The van der Waals surface area contributed by atoms with Crippen molar-refractivity contribution >= 4 is 11.9 Å². The predicted molar refractivity (Wildman–Crippen MR) is 61.0 cm³/mol. The van der Waals surface area contributed by atoms with Gasteiger partial charge in [-0.15, -0.1) is 0 Å². The fourth-order valence-electron chi connectivity index (χ4n) is 1.22. The van der Waals surface area contributed by atoms with Crippen LogP contribution in [0.4, 0.5) is 0 Å². The molecule has 0 fully saturated rings. The summed E-state index contributed by atoms with van der Waals surface area (Å²) in [6.45, 7) is 2.58. The van der Waals surface area contributed by atoms with Crippen LogP contribution in [0.5, 0.6) is 0 Å². The van der Waals surface area contributed by atoms with E-state index in [0.717, 1.165) is 32.1 Å². The van der Waals surface area contributed by atoms with E-state index in [-0.39, 0.29) is 11.9 Å². The van der Waals surface area contributed by atoms with Gasteiger partial charge in [-0.2, -0.15) is 0 Å². The van der Waals surface area contributed by atoms with Crippen LogP contribution in [0.1, 0.15) is 51.9 Å². The second kappa shape index (κ2) is 10.5. The third kappa shape index (κ3) is 9.49. The van der Waals surface area contributed by atoms with Crippen molar-refractivity contribution in [2.24, 2.45) is 0 Å². The summed E-state index contributed by atoms with van der Waals surface area (Å²) in [5.41, 5.74) is 0. The summed E-state index contributed by atoms with van der Waals surface area (Å²) in [6.07, 6.45) is 5.25. The molecule has 0 atom stereocenters. The first-order valence-corrected chi connectivity index (χ1v) is 5.93. The van der Waals surface area contributed by atoms with Crippen molar-refractivity contribution in [2.45, 2.75) is 51.9 Å². The molecule has 0 unspecified atom stereocenters. The first kappa shape index (κ1) is 14.9. The summed E-state index contributed by atoms with van der Waals surface area (Å²) in [4.78, 5) is 21.9. The minimum atomic E-state index is -0.189. The molecule has 0 saturated carbocycles. The fraction of sp³-hybridized carbons (Fsp3) is 0.833. The van der Waals surface area contributed by atoms with Gasteiger partial charge in [0.1, 0.15) is 0 Å². The normalized spacial score (nSPS) is 9.88. The fourth-order valence-corrected chi connectivity index (χ4v) is 1.22. The Morgan fingerprint density at radius 1 is 0.938 bits per heavy atom. The molecule has 0 spiro atoms. The van der Waals surface area contributed by atoms with Crippen molar-refractivity contribution in [1.29, 1.82) is 0 Å². The van der Waals surface area contributed by atoms with Crippen LogP contribution in [-0.2, 0) is 19.1 Å². The lowest BCUT2D eigenvalue weighted by molar-refractivity contribution is -0.143. The minimum absolute atomic E-state index is 0.133. The zero-order valence-electron chi connectivity index (χ0n) is 10.3. The van der Waals surface area contributed by atoms with Gasteiger partial charge in [0.25, 0.3) is 0 Å². The highest BCUT2D eigenvalue weighted by molar-refractivity contribution is 5.69. The third-order valence-corrected chi connectivity index (χ3v) is 2.25. The highest BCUT2D eigenvalue weighted by Crippen LogP contribution is 2.05. The van der Waals surface area contributed by atoms with Gasteiger partial charge in [-0.3, -0.25) is 9.59 Å². The summed E-state index contributed by atoms with van der Waals surface area (Å²) >= 11 is 0. The average Bonchev–Trinajstić information content (AvgIpc) is 2.28. The van der Waals surface area contributed by atoms with Crippen LogP contribution in [0.3, 0.4) is 0 Å². The number of hydrogen-bond acceptors (Lipinski definition) is 4. The Labute approximate surface area is 97.3 Å². The highest BCUT2D eigenvalue weighted by Gasteiger charge is 2.03. The molecule has 0 aromatic carbocycles. The number of ether oxygens (including phenoxy) is 2. The van der Waals surface area contributed by atoms with Gasteiger partial charge >= 0.3 is 11.9 Å². The molecule has 0 aliphatic heterocycles. The molecule has 0 bridgehead atoms. The second-order valence-electron chi connectivity index (χ2n) is 3.71. The van der Waals surface area contributed by atoms with E-state index in [2.05, 4.69) is 11.7 Å². The molecule has 0 aliphatic rings. The Bertz CT molecular complexity index is 201. The third-order valence-electron chi connectivity index (χ3n) is 2.25. The van der Waals surface area contributed by atoms with E-state index in [1.54, 1.807) is 0 Å². The molecule has 16 heavy (non-hydrogen) atoms. The van der Waals surface area contributed by atoms with Crippen molar-refractivity contribution in [2.75, 3.05) is 13.7 Å². The molecule has 0 saturated heterocycles. The number of hydrogen-bond donors (Lipinski definition) is 0. The van der Waals surface area contributed by atoms with Gasteiger partial charge in [-0.05, 0) is 19.3 Å². The maximum atomic E-state index is 11.2. The van der Waals surface area contributed by atoms with E-state index in [1.807, 2.05) is 0 Å². The van der Waals surface area contributed by atoms with E-state index >= 15 is 0 Å². The van der Waals surface area contributed by atoms with E-state index in [0.29, 0.717) is 19.4 Å². The summed E-state index contributed by atoms with van der Waals surface area (Å²) < 4.78 is 9.51. The van der Waals surface area contributed by atoms with Crippen LogP contribution in [-0.4, -0.2) is 25.7 Å². The number of carbonyl (C=O) groups excluding carboxylic acids is 2. The van der Waals surface area contributed by atoms with Crippen molar-refractivity contribution in [3.05, 3.63) is 0 Å². The zero-order chi connectivity index (χ0) is 12.2.